The number of fused-ring (bicyclic) bond motifs is 1. The number of pyridine rings is 1. The lowest BCUT2D eigenvalue weighted by atomic mass is 10.2. The van der Waals surface area contributed by atoms with Gasteiger partial charge in [-0.2, -0.15) is 5.90 Å². The van der Waals surface area contributed by atoms with E-state index in [-0.39, 0.29) is 29.0 Å². The first-order chi connectivity index (χ1) is 12.5. The molecule has 5 N–H and O–H groups in total. The molecule has 0 aliphatic heterocycles. The van der Waals surface area contributed by atoms with Crippen LogP contribution in [0.5, 0.6) is 5.75 Å². The minimum Gasteiger partial charge on any atom is -0.409 e. The highest BCUT2D eigenvalue weighted by Crippen LogP contribution is 2.29. The minimum absolute atomic E-state index is 0.0650. The van der Waals surface area contributed by atoms with Crippen LogP contribution in [0.1, 0.15) is 16.1 Å². The van der Waals surface area contributed by atoms with E-state index in [1.165, 1.54) is 0 Å². The van der Waals surface area contributed by atoms with E-state index in [9.17, 15) is 9.59 Å². The van der Waals surface area contributed by atoms with E-state index in [4.69, 9.17) is 23.0 Å². The van der Waals surface area contributed by atoms with E-state index in [0.717, 1.165) is 0 Å². The van der Waals surface area contributed by atoms with Gasteiger partial charge in [-0.3, -0.25) is 14.9 Å². The van der Waals surface area contributed by atoms with Crippen molar-refractivity contribution >= 4 is 34.5 Å². The molecular formula is C14H11ClN8O3. The van der Waals surface area contributed by atoms with Crippen LogP contribution in [0.4, 0.5) is 5.95 Å². The molecule has 11 nitrogen and oxygen atoms in total. The number of carbonyl (C=O) groups is 1. The summed E-state index contributed by atoms with van der Waals surface area (Å²) in [7, 11) is 0. The predicted molar refractivity (Wildman–Crippen MR) is 93.8 cm³/mol. The molecule has 0 aliphatic carbocycles. The molecule has 0 radical (unpaired) electrons. The summed E-state index contributed by atoms with van der Waals surface area (Å²) in [4.78, 5) is 41.4. The van der Waals surface area contributed by atoms with Crippen LogP contribution in [0.3, 0.4) is 0 Å². The number of hydrogen-bond acceptors (Lipinski definition) is 6. The number of azide groups is 1. The standard InChI is InChI=1S/C14H11ClN8O3/c15-10-8(5-18-23-16)19-12(24)9(11(10)26-17)13(25)22-14-20-6-3-1-2-4-7(6)21-14/h1-4H,5,17H2,(H,19,24)(H2,20,21,22,25). The van der Waals surface area contributed by atoms with Crippen LogP contribution < -0.4 is 21.6 Å². The average molecular weight is 375 g/mol. The molecule has 1 amide bonds. The van der Waals surface area contributed by atoms with Crippen LogP contribution in [0.25, 0.3) is 21.5 Å². The van der Waals surface area contributed by atoms with Gasteiger partial charge in [-0.05, 0) is 17.7 Å². The van der Waals surface area contributed by atoms with Crippen molar-refractivity contribution in [2.45, 2.75) is 6.54 Å². The number of rotatable bonds is 5. The number of nitrogens with zero attached hydrogens (tertiary/aromatic N) is 4. The zero-order valence-corrected chi connectivity index (χ0v) is 13.7. The first kappa shape index (κ1) is 17.3. The second-order valence-corrected chi connectivity index (χ2v) is 5.39. The Morgan fingerprint density at radius 2 is 2.19 bits per heavy atom. The van der Waals surface area contributed by atoms with Crippen molar-refractivity contribution < 1.29 is 9.63 Å². The van der Waals surface area contributed by atoms with Gasteiger partial charge in [0.15, 0.2) is 11.3 Å². The Morgan fingerprint density at radius 3 is 2.88 bits per heavy atom. The van der Waals surface area contributed by atoms with Crippen molar-refractivity contribution in [3.05, 3.63) is 61.3 Å². The van der Waals surface area contributed by atoms with Gasteiger partial charge in [0.1, 0.15) is 5.02 Å². The van der Waals surface area contributed by atoms with Crippen molar-refractivity contribution in [2.24, 2.45) is 11.0 Å². The number of aromatic nitrogens is 3. The number of aromatic amines is 2. The molecule has 0 saturated carbocycles. The summed E-state index contributed by atoms with van der Waals surface area (Å²) in [6.07, 6.45) is 0. The number of para-hydroxylation sites is 2. The summed E-state index contributed by atoms with van der Waals surface area (Å²) < 4.78 is 0. The Hall–Kier alpha value is -3.53. The molecule has 0 bridgehead atoms. The lowest BCUT2D eigenvalue weighted by Gasteiger charge is -2.10. The van der Waals surface area contributed by atoms with E-state index >= 15 is 0 Å². The highest BCUT2D eigenvalue weighted by molar-refractivity contribution is 6.33. The number of H-pyrrole nitrogens is 2. The molecule has 1 aromatic carbocycles. The summed E-state index contributed by atoms with van der Waals surface area (Å²) in [5.74, 6) is 4.13. The Morgan fingerprint density at radius 1 is 1.42 bits per heavy atom. The molecule has 0 unspecified atom stereocenters. The first-order valence-corrected chi connectivity index (χ1v) is 7.51. The quantitative estimate of drug-likeness (QED) is 0.231. The Labute approximate surface area is 149 Å². The molecule has 3 aromatic rings. The third-order valence-electron chi connectivity index (χ3n) is 3.44. The second kappa shape index (κ2) is 7.15. The highest BCUT2D eigenvalue weighted by Gasteiger charge is 2.24. The molecule has 2 aromatic heterocycles. The van der Waals surface area contributed by atoms with Crippen molar-refractivity contribution in [3.63, 3.8) is 0 Å². The minimum atomic E-state index is -0.831. The summed E-state index contributed by atoms with van der Waals surface area (Å²) in [6.45, 7) is -0.244. The first-order valence-electron chi connectivity index (χ1n) is 7.13. The summed E-state index contributed by atoms with van der Waals surface area (Å²) >= 11 is 6.07. The smallest absolute Gasteiger partial charge is 0.267 e. The molecular weight excluding hydrogens is 364 g/mol. The largest absolute Gasteiger partial charge is 0.409 e. The van der Waals surface area contributed by atoms with Crippen LogP contribution in [0.15, 0.2) is 34.2 Å². The average Bonchev–Trinajstić information content (AvgIpc) is 3.03. The number of halogens is 1. The molecule has 0 spiro atoms. The van der Waals surface area contributed by atoms with Gasteiger partial charge in [0.05, 0.1) is 17.6 Å². The Bertz CT molecular complexity index is 1070. The number of nitrogens with two attached hydrogens (primary N) is 1. The van der Waals surface area contributed by atoms with Crippen molar-refractivity contribution in [3.8, 4) is 5.75 Å². The number of benzene rings is 1. The molecule has 3 rings (SSSR count). The number of nitrogens with one attached hydrogen (secondary N) is 3. The number of carbonyl (C=O) groups excluding carboxylic acids is 1. The van der Waals surface area contributed by atoms with E-state index in [1.807, 2.05) is 0 Å². The normalized spacial score (nSPS) is 10.4. The SMILES string of the molecule is [N-]=[N+]=NCc1[nH]c(=O)c(C(=O)Nc2nc3ccccc3[nH]2)c(ON)c1Cl. The lowest BCUT2D eigenvalue weighted by molar-refractivity contribution is 0.102. The van der Waals surface area contributed by atoms with Crippen LogP contribution in [-0.2, 0) is 6.54 Å². The summed E-state index contributed by atoms with van der Waals surface area (Å²) in [5.41, 5.74) is 8.52. The molecule has 0 atom stereocenters. The predicted octanol–water partition coefficient (Wildman–Crippen LogP) is 2.22. The number of imidazole rings is 1. The zero-order chi connectivity index (χ0) is 18.7. The van der Waals surface area contributed by atoms with E-state index in [0.29, 0.717) is 11.0 Å². The third-order valence-corrected chi connectivity index (χ3v) is 3.84. The molecule has 2 heterocycles. The van der Waals surface area contributed by atoms with E-state index in [1.54, 1.807) is 24.3 Å². The van der Waals surface area contributed by atoms with Gasteiger partial charge in [0, 0.05) is 10.6 Å². The van der Waals surface area contributed by atoms with Crippen molar-refractivity contribution in [1.29, 1.82) is 0 Å². The topological polar surface area (TPSA) is 175 Å². The fourth-order valence-electron chi connectivity index (χ4n) is 2.31. The molecule has 12 heteroatoms. The molecule has 0 saturated heterocycles. The maximum atomic E-state index is 12.5. The fourth-order valence-corrected chi connectivity index (χ4v) is 2.56. The summed E-state index contributed by atoms with van der Waals surface area (Å²) in [5, 5.41) is 5.61. The van der Waals surface area contributed by atoms with Crippen LogP contribution in [0.2, 0.25) is 5.02 Å². The Kier molecular flexibility index (Phi) is 4.76. The molecule has 132 valence electrons. The van der Waals surface area contributed by atoms with E-state index < -0.39 is 17.0 Å². The number of hydrogen-bond donors (Lipinski definition) is 4. The van der Waals surface area contributed by atoms with Gasteiger partial charge in [-0.1, -0.05) is 28.8 Å². The van der Waals surface area contributed by atoms with E-state index in [2.05, 4.69) is 35.1 Å². The third kappa shape index (κ3) is 3.17. The van der Waals surface area contributed by atoms with Gasteiger partial charge in [0.2, 0.25) is 5.95 Å². The van der Waals surface area contributed by atoms with Crippen molar-refractivity contribution in [2.75, 3.05) is 5.32 Å². The lowest BCUT2D eigenvalue weighted by Crippen LogP contribution is -2.27. The number of anilines is 1. The van der Waals surface area contributed by atoms with Gasteiger partial charge in [-0.25, -0.2) is 4.98 Å². The number of amides is 1. The van der Waals surface area contributed by atoms with Gasteiger partial charge < -0.3 is 14.8 Å². The maximum absolute atomic E-state index is 12.5. The van der Waals surface area contributed by atoms with Gasteiger partial charge in [0.25, 0.3) is 11.5 Å². The highest BCUT2D eigenvalue weighted by atomic mass is 35.5. The fraction of sp³-hybridized carbons (Fsp3) is 0.0714. The molecule has 0 fully saturated rings. The van der Waals surface area contributed by atoms with Crippen LogP contribution in [0, 0.1) is 0 Å². The maximum Gasteiger partial charge on any atom is 0.267 e. The van der Waals surface area contributed by atoms with Crippen LogP contribution in [-0.4, -0.2) is 20.9 Å². The van der Waals surface area contributed by atoms with Gasteiger partial charge in [-0.15, -0.1) is 0 Å². The Balaban J connectivity index is 1.99. The summed E-state index contributed by atoms with van der Waals surface area (Å²) in [6, 6.07) is 7.13. The second-order valence-electron chi connectivity index (χ2n) is 5.01. The molecule has 26 heavy (non-hydrogen) atoms. The molecule has 0 aliphatic rings. The van der Waals surface area contributed by atoms with Gasteiger partial charge >= 0.3 is 0 Å². The zero-order valence-electron chi connectivity index (χ0n) is 13.0. The monoisotopic (exact) mass is 374 g/mol. The van der Waals surface area contributed by atoms with Crippen molar-refractivity contribution in [1.82, 2.24) is 15.0 Å². The van der Waals surface area contributed by atoms with Crippen LogP contribution >= 0.6 is 11.6 Å².